The van der Waals surface area contributed by atoms with Gasteiger partial charge in [0.2, 0.25) is 17.7 Å². The van der Waals surface area contributed by atoms with E-state index in [-0.39, 0.29) is 25.5 Å². The molecule has 1 aliphatic rings. The van der Waals surface area contributed by atoms with E-state index in [1.165, 1.54) is 11.0 Å². The number of nitrogens with two attached hydrogens (primary N) is 1. The van der Waals surface area contributed by atoms with E-state index in [0.29, 0.717) is 29.2 Å². The predicted octanol–water partition coefficient (Wildman–Crippen LogP) is 6.91. The van der Waals surface area contributed by atoms with Gasteiger partial charge in [-0.2, -0.15) is 0 Å². The van der Waals surface area contributed by atoms with E-state index >= 15 is 0 Å². The van der Waals surface area contributed by atoms with Gasteiger partial charge in [-0.05, 0) is 52.6 Å². The summed E-state index contributed by atoms with van der Waals surface area (Å²) in [5.41, 5.74) is 11.6. The van der Waals surface area contributed by atoms with Crippen molar-refractivity contribution in [3.8, 4) is 11.1 Å². The monoisotopic (exact) mass is 648 g/mol. The first kappa shape index (κ1) is 33.1. The van der Waals surface area contributed by atoms with Gasteiger partial charge in [-0.3, -0.25) is 19.3 Å². The van der Waals surface area contributed by atoms with Gasteiger partial charge in [0.25, 0.3) is 0 Å². The summed E-state index contributed by atoms with van der Waals surface area (Å²) in [4.78, 5) is 45.1. The molecule has 0 saturated heterocycles. The van der Waals surface area contributed by atoms with Gasteiger partial charge in [-0.25, -0.2) is 4.39 Å². The molecule has 0 saturated carbocycles. The number of anilines is 3. The van der Waals surface area contributed by atoms with Crippen LogP contribution in [0.25, 0.3) is 11.1 Å². The minimum Gasteiger partial charge on any atom is -0.352 e. The smallest absolute Gasteiger partial charge is 0.244 e. The van der Waals surface area contributed by atoms with Crippen LogP contribution in [0.2, 0.25) is 0 Å². The van der Waals surface area contributed by atoms with Crippen LogP contribution >= 0.6 is 12.4 Å². The molecule has 5 aromatic carbocycles. The van der Waals surface area contributed by atoms with Crippen LogP contribution in [0.3, 0.4) is 0 Å². The molecule has 0 aliphatic carbocycles. The molecule has 5 aromatic rings. The average molecular weight is 649 g/mol. The standard InChI is InChI=1S/C38H33FN4O3.ClH/c39-33-11-5-4-10-30(33)24-41-36(44)22-32-37(45)42(25-27-14-18-29(19-15-27)28-8-2-1-3-9-28)34-12-6-7-13-35(34)43(38(32)46)31-20-16-26(23-40)17-21-31;/h1-21,32H,22-25,40H2,(H,41,44);1H. The fourth-order valence-corrected chi connectivity index (χ4v) is 5.66. The van der Waals surface area contributed by atoms with Crippen molar-refractivity contribution in [1.29, 1.82) is 0 Å². The number of carbonyl (C=O) groups excluding carboxylic acids is 3. The van der Waals surface area contributed by atoms with Crippen LogP contribution in [0, 0.1) is 11.7 Å². The van der Waals surface area contributed by atoms with E-state index in [1.54, 1.807) is 47.4 Å². The lowest BCUT2D eigenvalue weighted by molar-refractivity contribution is -0.136. The van der Waals surface area contributed by atoms with Crippen LogP contribution in [0.15, 0.2) is 127 Å². The third-order valence-corrected chi connectivity index (χ3v) is 8.15. The molecule has 47 heavy (non-hydrogen) atoms. The Bertz CT molecular complexity index is 1870. The van der Waals surface area contributed by atoms with E-state index in [4.69, 9.17) is 5.73 Å². The molecule has 1 aliphatic heterocycles. The number of amides is 3. The summed E-state index contributed by atoms with van der Waals surface area (Å²) in [6, 6.07) is 38.5. The highest BCUT2D eigenvalue weighted by Crippen LogP contribution is 2.40. The summed E-state index contributed by atoms with van der Waals surface area (Å²) in [7, 11) is 0. The Labute approximate surface area is 279 Å². The fraction of sp³-hybridized carbons (Fsp3) is 0.132. The number of hydrogen-bond acceptors (Lipinski definition) is 4. The van der Waals surface area contributed by atoms with Crippen LogP contribution < -0.4 is 20.9 Å². The maximum atomic E-state index is 14.4. The normalized spacial score (nSPS) is 14.2. The number of benzene rings is 5. The molecule has 238 valence electrons. The predicted molar refractivity (Wildman–Crippen MR) is 185 cm³/mol. The lowest BCUT2D eigenvalue weighted by Crippen LogP contribution is -2.43. The lowest BCUT2D eigenvalue weighted by atomic mass is 10.00. The maximum Gasteiger partial charge on any atom is 0.244 e. The first-order valence-electron chi connectivity index (χ1n) is 15.1. The van der Waals surface area contributed by atoms with Crippen molar-refractivity contribution >= 4 is 47.2 Å². The number of nitrogens with one attached hydrogen (secondary N) is 1. The Balaban J connectivity index is 0.00000433. The minimum absolute atomic E-state index is 0. The molecule has 7 nitrogen and oxygen atoms in total. The second kappa shape index (κ2) is 14.9. The molecule has 0 spiro atoms. The number of rotatable bonds is 9. The zero-order valence-electron chi connectivity index (χ0n) is 25.5. The van der Waals surface area contributed by atoms with Crippen molar-refractivity contribution < 1.29 is 18.8 Å². The molecular formula is C38H34ClFN4O3. The fourth-order valence-electron chi connectivity index (χ4n) is 5.66. The highest BCUT2D eigenvalue weighted by molar-refractivity contribution is 6.21. The van der Waals surface area contributed by atoms with Gasteiger partial charge in [0.05, 0.1) is 17.9 Å². The van der Waals surface area contributed by atoms with Crippen molar-refractivity contribution in [2.75, 3.05) is 9.80 Å². The van der Waals surface area contributed by atoms with E-state index in [1.807, 2.05) is 78.9 Å². The van der Waals surface area contributed by atoms with Crippen LogP contribution in [0.4, 0.5) is 21.5 Å². The summed E-state index contributed by atoms with van der Waals surface area (Å²) in [5, 5.41) is 2.69. The van der Waals surface area contributed by atoms with Gasteiger partial charge < -0.3 is 16.0 Å². The largest absolute Gasteiger partial charge is 0.352 e. The number of hydrogen-bond donors (Lipinski definition) is 2. The van der Waals surface area contributed by atoms with Gasteiger partial charge >= 0.3 is 0 Å². The molecule has 3 amide bonds. The summed E-state index contributed by atoms with van der Waals surface area (Å²) < 4.78 is 14.2. The molecule has 0 radical (unpaired) electrons. The van der Waals surface area contributed by atoms with Gasteiger partial charge in [0, 0.05) is 30.8 Å². The summed E-state index contributed by atoms with van der Waals surface area (Å²) >= 11 is 0. The molecule has 1 atom stereocenters. The molecular weight excluding hydrogens is 615 g/mol. The Hall–Kier alpha value is -5.31. The molecule has 1 unspecified atom stereocenters. The van der Waals surface area contributed by atoms with Crippen molar-refractivity contribution in [2.45, 2.75) is 26.1 Å². The molecule has 9 heteroatoms. The molecule has 6 rings (SSSR count). The summed E-state index contributed by atoms with van der Waals surface area (Å²) in [5.74, 6) is -3.33. The Morgan fingerprint density at radius 2 is 1.30 bits per heavy atom. The Morgan fingerprint density at radius 3 is 1.98 bits per heavy atom. The minimum atomic E-state index is -1.33. The number of halogens is 2. The molecule has 0 bridgehead atoms. The van der Waals surface area contributed by atoms with Crippen LogP contribution in [-0.4, -0.2) is 17.7 Å². The second-order valence-corrected chi connectivity index (χ2v) is 11.1. The zero-order chi connectivity index (χ0) is 32.0. The molecule has 0 fully saturated rings. The van der Waals surface area contributed by atoms with Gasteiger partial charge in [-0.15, -0.1) is 12.4 Å². The van der Waals surface area contributed by atoms with Crippen molar-refractivity contribution in [3.63, 3.8) is 0 Å². The van der Waals surface area contributed by atoms with Gasteiger partial charge in [0.1, 0.15) is 11.7 Å². The van der Waals surface area contributed by atoms with Crippen LogP contribution in [-0.2, 0) is 34.0 Å². The van der Waals surface area contributed by atoms with E-state index in [0.717, 1.165) is 22.3 Å². The van der Waals surface area contributed by atoms with Crippen molar-refractivity contribution in [3.05, 3.63) is 150 Å². The van der Waals surface area contributed by atoms with E-state index in [9.17, 15) is 18.8 Å². The summed E-state index contributed by atoms with van der Waals surface area (Å²) in [6.07, 6.45) is -0.402. The molecule has 3 N–H and O–H groups in total. The number of carbonyl (C=O) groups is 3. The Kier molecular flexibility index (Phi) is 10.5. The number of para-hydroxylation sites is 2. The SMILES string of the molecule is Cl.NCc1ccc(N2C(=O)C(CC(=O)NCc3ccccc3F)C(=O)N(Cc3ccc(-c4ccccc4)cc3)c3ccccc32)cc1. The Morgan fingerprint density at radius 1 is 0.702 bits per heavy atom. The van der Waals surface area contributed by atoms with Crippen LogP contribution in [0.5, 0.6) is 0 Å². The average Bonchev–Trinajstić information content (AvgIpc) is 3.17. The van der Waals surface area contributed by atoms with E-state index < -0.39 is 35.9 Å². The van der Waals surface area contributed by atoms with Crippen molar-refractivity contribution in [2.24, 2.45) is 11.7 Å². The summed E-state index contributed by atoms with van der Waals surface area (Å²) in [6.45, 7) is 0.457. The van der Waals surface area contributed by atoms with Crippen molar-refractivity contribution in [1.82, 2.24) is 5.32 Å². The highest BCUT2D eigenvalue weighted by Gasteiger charge is 2.42. The second-order valence-electron chi connectivity index (χ2n) is 11.1. The zero-order valence-corrected chi connectivity index (χ0v) is 26.3. The molecule has 1 heterocycles. The third kappa shape index (κ3) is 7.25. The maximum absolute atomic E-state index is 14.4. The first-order valence-corrected chi connectivity index (χ1v) is 15.1. The lowest BCUT2D eigenvalue weighted by Gasteiger charge is -2.26. The van der Waals surface area contributed by atoms with Gasteiger partial charge in [-0.1, -0.05) is 97.1 Å². The topological polar surface area (TPSA) is 95.7 Å². The quantitative estimate of drug-likeness (QED) is 0.170. The van der Waals surface area contributed by atoms with E-state index in [2.05, 4.69) is 5.32 Å². The van der Waals surface area contributed by atoms with Crippen LogP contribution in [0.1, 0.15) is 23.1 Å². The molecule has 0 aromatic heterocycles. The number of fused-ring (bicyclic) bond motifs is 1. The first-order chi connectivity index (χ1) is 22.4. The highest BCUT2D eigenvalue weighted by atomic mass is 35.5. The van der Waals surface area contributed by atoms with Gasteiger partial charge in [0.15, 0.2) is 0 Å². The third-order valence-electron chi connectivity index (χ3n) is 8.15. The number of nitrogens with zero attached hydrogens (tertiary/aromatic N) is 2.